The monoisotopic (exact) mass is 629 g/mol. The van der Waals surface area contributed by atoms with Crippen molar-refractivity contribution in [3.8, 4) is 5.75 Å². The van der Waals surface area contributed by atoms with Gasteiger partial charge in [-0.3, -0.25) is 14.4 Å². The molecule has 246 valence electrons. The van der Waals surface area contributed by atoms with E-state index >= 15 is 0 Å². The number of benzene rings is 2. The number of aryl methyl sites for hydroxylation is 2. The maximum absolute atomic E-state index is 14.9. The van der Waals surface area contributed by atoms with Crippen LogP contribution in [0.15, 0.2) is 67.8 Å². The number of aliphatic hydroxyl groups is 1. The highest BCUT2D eigenvalue weighted by Gasteiger charge is 2.78. The molecule has 2 unspecified atom stereocenters. The Morgan fingerprint density at radius 2 is 1.74 bits per heavy atom. The van der Waals surface area contributed by atoms with Gasteiger partial charge in [0.15, 0.2) is 0 Å². The average Bonchev–Trinajstić information content (AvgIpc) is 3.60. The zero-order valence-electron chi connectivity index (χ0n) is 27.5. The van der Waals surface area contributed by atoms with E-state index in [1.807, 2.05) is 70.2 Å². The molecule has 2 aromatic rings. The molecule has 0 aliphatic carbocycles. The summed E-state index contributed by atoms with van der Waals surface area (Å²) in [7, 11) is 0. The summed E-state index contributed by atoms with van der Waals surface area (Å²) >= 11 is 0. The quantitative estimate of drug-likeness (QED) is 0.234. The van der Waals surface area contributed by atoms with Gasteiger partial charge >= 0.3 is 0 Å². The van der Waals surface area contributed by atoms with Gasteiger partial charge in [-0.05, 0) is 94.8 Å². The number of hydrogen-bond acceptors (Lipinski definition) is 6. The summed E-state index contributed by atoms with van der Waals surface area (Å²) in [5.41, 5.74) is 1.26. The molecule has 0 radical (unpaired) electrons. The second kappa shape index (κ2) is 13.4. The molecular weight excluding hydrogens is 582 g/mol. The van der Waals surface area contributed by atoms with Crippen molar-refractivity contribution in [1.82, 2.24) is 4.90 Å². The second-order valence-corrected chi connectivity index (χ2v) is 12.9. The number of likely N-dealkylation sites (tertiary alicyclic amines) is 1. The number of carbonyl (C=O) groups is 3. The van der Waals surface area contributed by atoms with Gasteiger partial charge in [0.25, 0.3) is 5.91 Å². The van der Waals surface area contributed by atoms with Gasteiger partial charge in [0.2, 0.25) is 11.8 Å². The van der Waals surface area contributed by atoms with E-state index in [9.17, 15) is 19.5 Å². The molecule has 0 aromatic heterocycles. The Balaban J connectivity index is 1.57. The van der Waals surface area contributed by atoms with Gasteiger partial charge in [-0.25, -0.2) is 0 Å². The molecule has 3 saturated heterocycles. The summed E-state index contributed by atoms with van der Waals surface area (Å²) in [6.45, 7) is 16.9. The molecule has 3 fully saturated rings. The van der Waals surface area contributed by atoms with Crippen molar-refractivity contribution in [3.63, 3.8) is 0 Å². The number of aliphatic hydroxyl groups excluding tert-OH is 1. The summed E-state index contributed by atoms with van der Waals surface area (Å²) < 4.78 is 12.5. The summed E-state index contributed by atoms with van der Waals surface area (Å²) in [6, 6.07) is 12.3. The van der Waals surface area contributed by atoms with E-state index in [0.29, 0.717) is 43.7 Å². The van der Waals surface area contributed by atoms with Crippen LogP contribution in [0.5, 0.6) is 5.75 Å². The molecule has 46 heavy (non-hydrogen) atoms. The highest BCUT2D eigenvalue weighted by Crippen LogP contribution is 2.63. The van der Waals surface area contributed by atoms with Crippen molar-refractivity contribution in [2.24, 2.45) is 11.8 Å². The van der Waals surface area contributed by atoms with Crippen molar-refractivity contribution in [2.45, 2.75) is 70.6 Å². The first-order valence-corrected chi connectivity index (χ1v) is 16.3. The van der Waals surface area contributed by atoms with Crippen LogP contribution in [0.2, 0.25) is 0 Å². The molecule has 3 aliphatic heterocycles. The molecule has 3 amide bonds. The average molecular weight is 630 g/mol. The third kappa shape index (κ3) is 5.64. The van der Waals surface area contributed by atoms with E-state index in [2.05, 4.69) is 13.2 Å². The van der Waals surface area contributed by atoms with E-state index in [1.54, 1.807) is 26.9 Å². The summed E-state index contributed by atoms with van der Waals surface area (Å²) in [6.07, 6.45) is 5.38. The van der Waals surface area contributed by atoms with Crippen LogP contribution in [-0.4, -0.2) is 77.8 Å². The van der Waals surface area contributed by atoms with E-state index < -0.39 is 29.1 Å². The van der Waals surface area contributed by atoms with Crippen molar-refractivity contribution < 1.29 is 29.0 Å². The van der Waals surface area contributed by atoms with Gasteiger partial charge < -0.3 is 29.3 Å². The van der Waals surface area contributed by atoms with Crippen LogP contribution in [0.4, 0.5) is 11.4 Å². The lowest BCUT2D eigenvalue weighted by Crippen LogP contribution is -2.56. The van der Waals surface area contributed by atoms with Crippen LogP contribution in [0.3, 0.4) is 0 Å². The number of carbonyl (C=O) groups excluding carboxylic acids is 3. The van der Waals surface area contributed by atoms with Crippen LogP contribution < -0.4 is 14.5 Å². The van der Waals surface area contributed by atoms with Crippen LogP contribution in [0, 0.1) is 25.7 Å². The third-order valence-electron chi connectivity index (χ3n) is 9.85. The van der Waals surface area contributed by atoms with E-state index in [0.717, 1.165) is 16.8 Å². The minimum Gasteiger partial charge on any atom is -0.494 e. The third-order valence-corrected chi connectivity index (χ3v) is 9.85. The Morgan fingerprint density at radius 3 is 2.39 bits per heavy atom. The van der Waals surface area contributed by atoms with E-state index in [1.165, 1.54) is 0 Å². The molecule has 2 aromatic carbocycles. The Labute approximate surface area is 272 Å². The standard InChI is InChI=1S/C37H47N3O6/c1-7-20-38(27-14-16-28(17-15-27)45-9-3)33(42)30-31-34(43)40(22-10-11-23-41)32(37(31)19-18-36(30,6)46-37)35(44)39(21-8-2)29-24-25(4)12-13-26(29)5/h7-8,12-17,24,30-32,41H,1-2,9-11,18-23H2,3-6H3/t30-,31-,32?,36+,37?/m0/s1. The van der Waals surface area contributed by atoms with Crippen molar-refractivity contribution in [1.29, 1.82) is 0 Å². The second-order valence-electron chi connectivity index (χ2n) is 12.9. The topological polar surface area (TPSA) is 99.6 Å². The van der Waals surface area contributed by atoms with Crippen molar-refractivity contribution in [3.05, 3.63) is 78.9 Å². The van der Waals surface area contributed by atoms with Gasteiger partial charge in [-0.2, -0.15) is 0 Å². The molecule has 1 spiro atoms. The number of ether oxygens (including phenoxy) is 2. The molecule has 9 nitrogen and oxygen atoms in total. The van der Waals surface area contributed by atoms with Crippen molar-refractivity contribution >= 4 is 29.1 Å². The maximum Gasteiger partial charge on any atom is 0.253 e. The van der Waals surface area contributed by atoms with Gasteiger partial charge in [-0.1, -0.05) is 24.3 Å². The van der Waals surface area contributed by atoms with Crippen molar-refractivity contribution in [2.75, 3.05) is 42.6 Å². The van der Waals surface area contributed by atoms with E-state index in [-0.39, 0.29) is 44.0 Å². The van der Waals surface area contributed by atoms with Crippen LogP contribution in [0.25, 0.3) is 0 Å². The lowest BCUT2D eigenvalue weighted by molar-refractivity contribution is -0.144. The SMILES string of the molecule is C=CCN(C(=O)[C@@H]1[C@H]2C(=O)N(CCCCO)C(C(=O)N(CC=C)c3cc(C)ccc3C)C23CC[C@@]1(C)O3)c1ccc(OCC)cc1. The van der Waals surface area contributed by atoms with Gasteiger partial charge in [0.1, 0.15) is 17.4 Å². The molecule has 2 bridgehead atoms. The number of unbranched alkanes of at least 4 members (excludes halogenated alkanes) is 1. The fourth-order valence-corrected chi connectivity index (χ4v) is 7.82. The smallest absolute Gasteiger partial charge is 0.253 e. The predicted octanol–water partition coefficient (Wildman–Crippen LogP) is 4.98. The zero-order valence-corrected chi connectivity index (χ0v) is 27.5. The minimum atomic E-state index is -1.17. The summed E-state index contributed by atoms with van der Waals surface area (Å²) in [5.74, 6) is -1.66. The predicted molar refractivity (Wildman–Crippen MR) is 179 cm³/mol. The number of nitrogens with zero attached hydrogens (tertiary/aromatic N) is 3. The first kappa shape index (κ1) is 33.4. The van der Waals surface area contributed by atoms with Crippen LogP contribution >= 0.6 is 0 Å². The number of anilines is 2. The minimum absolute atomic E-state index is 0.0193. The normalized spacial score (nSPS) is 26.2. The molecule has 3 aliphatic rings. The first-order valence-electron chi connectivity index (χ1n) is 16.3. The Bertz CT molecular complexity index is 1490. The lowest BCUT2D eigenvalue weighted by Gasteiger charge is -2.37. The van der Waals surface area contributed by atoms with Crippen LogP contribution in [0.1, 0.15) is 50.7 Å². The van der Waals surface area contributed by atoms with Gasteiger partial charge in [0, 0.05) is 37.6 Å². The Hall–Kier alpha value is -3.95. The van der Waals surface area contributed by atoms with E-state index in [4.69, 9.17) is 9.47 Å². The fourth-order valence-electron chi connectivity index (χ4n) is 7.82. The maximum atomic E-state index is 14.9. The number of fused-ring (bicyclic) bond motifs is 1. The molecule has 5 atom stereocenters. The first-order chi connectivity index (χ1) is 22.1. The summed E-state index contributed by atoms with van der Waals surface area (Å²) in [5, 5.41) is 9.54. The molecule has 1 N–H and O–H groups in total. The molecule has 9 heteroatoms. The number of hydrogen-bond donors (Lipinski definition) is 1. The Kier molecular flexibility index (Phi) is 9.75. The zero-order chi connectivity index (χ0) is 33.2. The highest BCUT2D eigenvalue weighted by molar-refractivity contribution is 6.07. The van der Waals surface area contributed by atoms with Gasteiger partial charge in [0.05, 0.1) is 24.0 Å². The largest absolute Gasteiger partial charge is 0.494 e. The van der Waals surface area contributed by atoms with Crippen LogP contribution in [-0.2, 0) is 19.1 Å². The Morgan fingerprint density at radius 1 is 1.04 bits per heavy atom. The molecule has 0 saturated carbocycles. The molecular formula is C37H47N3O6. The highest BCUT2D eigenvalue weighted by atomic mass is 16.5. The molecule has 3 heterocycles. The summed E-state index contributed by atoms with van der Waals surface area (Å²) in [4.78, 5) is 49.1. The lowest BCUT2D eigenvalue weighted by atomic mass is 9.66. The van der Waals surface area contributed by atoms with Gasteiger partial charge in [-0.15, -0.1) is 13.2 Å². The number of rotatable bonds is 14. The fraction of sp³-hybridized carbons (Fsp3) is 0.486. The molecule has 5 rings (SSSR count). The number of amides is 3.